The summed E-state index contributed by atoms with van der Waals surface area (Å²) in [5.74, 6) is -1.27. The summed E-state index contributed by atoms with van der Waals surface area (Å²) in [6.45, 7) is 3.71. The summed E-state index contributed by atoms with van der Waals surface area (Å²) < 4.78 is 0. The summed E-state index contributed by atoms with van der Waals surface area (Å²) in [6.07, 6.45) is -1.25. The van der Waals surface area contributed by atoms with E-state index in [-0.39, 0.29) is 18.7 Å². The molecule has 1 rings (SSSR count). The molecule has 0 aromatic heterocycles. The van der Waals surface area contributed by atoms with Crippen molar-refractivity contribution in [2.24, 2.45) is 0 Å². The molecule has 2 atom stereocenters. The first kappa shape index (κ1) is 14.5. The fourth-order valence-corrected chi connectivity index (χ4v) is 1.83. The Labute approximate surface area is 106 Å². The minimum absolute atomic E-state index is 0.0544. The van der Waals surface area contributed by atoms with Gasteiger partial charge in [0.05, 0.1) is 18.2 Å². The molecular formula is C13H18NO4-. The molecule has 2 unspecified atom stereocenters. The molecule has 1 aromatic carbocycles. The summed E-state index contributed by atoms with van der Waals surface area (Å²) in [5.41, 5.74) is 0.498. The largest absolute Gasteiger partial charge is 0.545 e. The number of para-hydroxylation sites is 1. The predicted molar refractivity (Wildman–Crippen MR) is 66.3 cm³/mol. The summed E-state index contributed by atoms with van der Waals surface area (Å²) in [6, 6.07) is 6.40. The summed E-state index contributed by atoms with van der Waals surface area (Å²) in [5, 5.41) is 29.9. The second kappa shape index (κ2) is 6.37. The van der Waals surface area contributed by atoms with Gasteiger partial charge in [0.1, 0.15) is 0 Å². The van der Waals surface area contributed by atoms with E-state index in [0.29, 0.717) is 5.69 Å². The number of carboxylic acid groups (broad SMARTS) is 1. The minimum atomic E-state index is -1.27. The maximum absolute atomic E-state index is 11.0. The maximum atomic E-state index is 11.0. The highest BCUT2D eigenvalue weighted by Crippen LogP contribution is 2.20. The number of aromatic carboxylic acids is 1. The number of rotatable bonds is 6. The summed E-state index contributed by atoms with van der Waals surface area (Å²) in [7, 11) is 0. The first-order valence-corrected chi connectivity index (χ1v) is 5.83. The molecule has 2 N–H and O–H groups in total. The van der Waals surface area contributed by atoms with Crippen LogP contribution in [0.4, 0.5) is 5.69 Å². The van der Waals surface area contributed by atoms with Gasteiger partial charge in [-0.2, -0.15) is 0 Å². The molecule has 100 valence electrons. The Morgan fingerprint density at radius 2 is 1.72 bits per heavy atom. The molecule has 1 aromatic rings. The van der Waals surface area contributed by atoms with Crippen molar-refractivity contribution in [1.82, 2.24) is 0 Å². The number of aliphatic hydroxyl groups excluding tert-OH is 2. The SMILES string of the molecule is CC(O)CN(CC(C)O)c1ccccc1C(=O)[O-]. The summed E-state index contributed by atoms with van der Waals surface area (Å²) >= 11 is 0. The van der Waals surface area contributed by atoms with Crippen LogP contribution in [0.3, 0.4) is 0 Å². The zero-order valence-corrected chi connectivity index (χ0v) is 10.5. The lowest BCUT2D eigenvalue weighted by molar-refractivity contribution is -0.254. The number of anilines is 1. The Morgan fingerprint density at radius 3 is 2.17 bits per heavy atom. The van der Waals surface area contributed by atoms with Crippen LogP contribution in [0.25, 0.3) is 0 Å². The molecule has 5 heteroatoms. The van der Waals surface area contributed by atoms with Crippen LogP contribution in [0.1, 0.15) is 24.2 Å². The quantitative estimate of drug-likeness (QED) is 0.721. The number of carboxylic acids is 1. The number of carbonyl (C=O) groups excluding carboxylic acids is 1. The first-order valence-electron chi connectivity index (χ1n) is 5.83. The topological polar surface area (TPSA) is 83.8 Å². The van der Waals surface area contributed by atoms with Gasteiger partial charge in [-0.15, -0.1) is 0 Å². The fourth-order valence-electron chi connectivity index (χ4n) is 1.83. The molecule has 0 aliphatic heterocycles. The van der Waals surface area contributed by atoms with E-state index >= 15 is 0 Å². The van der Waals surface area contributed by atoms with Gasteiger partial charge in [-0.25, -0.2) is 0 Å². The Hall–Kier alpha value is -1.59. The Balaban J connectivity index is 3.07. The van der Waals surface area contributed by atoms with Gasteiger partial charge in [-0.05, 0) is 19.9 Å². The van der Waals surface area contributed by atoms with Crippen molar-refractivity contribution in [3.8, 4) is 0 Å². The van der Waals surface area contributed by atoms with E-state index in [1.807, 2.05) is 0 Å². The molecule has 0 saturated heterocycles. The normalized spacial score (nSPS) is 14.0. The zero-order chi connectivity index (χ0) is 13.7. The van der Waals surface area contributed by atoms with E-state index < -0.39 is 18.2 Å². The molecule has 0 amide bonds. The molecular weight excluding hydrogens is 234 g/mol. The highest BCUT2D eigenvalue weighted by Gasteiger charge is 2.15. The van der Waals surface area contributed by atoms with Crippen LogP contribution >= 0.6 is 0 Å². The van der Waals surface area contributed by atoms with Gasteiger partial charge in [0.25, 0.3) is 0 Å². The minimum Gasteiger partial charge on any atom is -0.545 e. The molecule has 0 radical (unpaired) electrons. The van der Waals surface area contributed by atoms with Gasteiger partial charge in [0.2, 0.25) is 0 Å². The molecule has 0 saturated carbocycles. The van der Waals surface area contributed by atoms with Crippen LogP contribution in [0, 0.1) is 0 Å². The van der Waals surface area contributed by atoms with Gasteiger partial charge in [-0.1, -0.05) is 18.2 Å². The number of hydrogen-bond donors (Lipinski definition) is 2. The van der Waals surface area contributed by atoms with Gasteiger partial charge >= 0.3 is 0 Å². The molecule has 18 heavy (non-hydrogen) atoms. The molecule has 0 bridgehead atoms. The average molecular weight is 252 g/mol. The smallest absolute Gasteiger partial charge is 0.0736 e. The lowest BCUT2D eigenvalue weighted by Gasteiger charge is -2.29. The average Bonchev–Trinajstić information content (AvgIpc) is 2.26. The van der Waals surface area contributed by atoms with Crippen LogP contribution in [-0.2, 0) is 0 Å². The number of nitrogens with zero attached hydrogens (tertiary/aromatic N) is 1. The van der Waals surface area contributed by atoms with E-state index in [4.69, 9.17) is 0 Å². The number of benzene rings is 1. The van der Waals surface area contributed by atoms with E-state index in [0.717, 1.165) is 0 Å². The van der Waals surface area contributed by atoms with Crippen molar-refractivity contribution in [2.75, 3.05) is 18.0 Å². The first-order chi connectivity index (χ1) is 8.41. The number of carbonyl (C=O) groups is 1. The van der Waals surface area contributed by atoms with Crippen molar-refractivity contribution in [2.45, 2.75) is 26.1 Å². The van der Waals surface area contributed by atoms with E-state index in [9.17, 15) is 20.1 Å². The molecule has 0 fully saturated rings. The van der Waals surface area contributed by atoms with E-state index in [1.54, 1.807) is 36.9 Å². The third-order valence-electron chi connectivity index (χ3n) is 2.43. The Morgan fingerprint density at radius 1 is 1.22 bits per heavy atom. The highest BCUT2D eigenvalue weighted by molar-refractivity contribution is 5.93. The van der Waals surface area contributed by atoms with Crippen LogP contribution in [0.15, 0.2) is 24.3 Å². The van der Waals surface area contributed by atoms with Crippen LogP contribution < -0.4 is 10.0 Å². The molecule has 0 aliphatic rings. The summed E-state index contributed by atoms with van der Waals surface area (Å²) in [4.78, 5) is 12.7. The van der Waals surface area contributed by atoms with Crippen LogP contribution in [-0.4, -0.2) is 41.5 Å². The number of aliphatic hydroxyl groups is 2. The van der Waals surface area contributed by atoms with Gasteiger partial charge in [-0.3, -0.25) is 0 Å². The Bertz CT molecular complexity index is 394. The lowest BCUT2D eigenvalue weighted by Crippen LogP contribution is -2.38. The van der Waals surface area contributed by atoms with Crippen molar-refractivity contribution < 1.29 is 20.1 Å². The van der Waals surface area contributed by atoms with Crippen molar-refractivity contribution in [3.63, 3.8) is 0 Å². The van der Waals surface area contributed by atoms with Gasteiger partial charge in [0.15, 0.2) is 0 Å². The highest BCUT2D eigenvalue weighted by atomic mass is 16.4. The van der Waals surface area contributed by atoms with E-state index in [2.05, 4.69) is 0 Å². The molecule has 0 spiro atoms. The van der Waals surface area contributed by atoms with Gasteiger partial charge < -0.3 is 25.0 Å². The zero-order valence-electron chi connectivity index (χ0n) is 10.5. The lowest BCUT2D eigenvalue weighted by atomic mass is 10.1. The fraction of sp³-hybridized carbons (Fsp3) is 0.462. The van der Waals surface area contributed by atoms with Crippen LogP contribution in [0.5, 0.6) is 0 Å². The Kier molecular flexibility index (Phi) is 5.12. The number of hydrogen-bond acceptors (Lipinski definition) is 5. The standard InChI is InChI=1S/C13H19NO4/c1-9(15)7-14(8-10(2)16)12-6-4-3-5-11(12)13(17)18/h3-6,9-10,15-16H,7-8H2,1-2H3,(H,17,18)/p-1. The molecule has 0 heterocycles. The second-order valence-electron chi connectivity index (χ2n) is 4.41. The predicted octanol–water partition coefficient (Wildman–Crippen LogP) is -0.382. The second-order valence-corrected chi connectivity index (χ2v) is 4.41. The monoisotopic (exact) mass is 252 g/mol. The van der Waals surface area contributed by atoms with Crippen molar-refractivity contribution in [1.29, 1.82) is 0 Å². The van der Waals surface area contributed by atoms with Crippen molar-refractivity contribution >= 4 is 11.7 Å². The van der Waals surface area contributed by atoms with Gasteiger partial charge in [0, 0.05) is 24.3 Å². The van der Waals surface area contributed by atoms with E-state index in [1.165, 1.54) is 6.07 Å². The molecule has 0 aliphatic carbocycles. The maximum Gasteiger partial charge on any atom is 0.0736 e. The third-order valence-corrected chi connectivity index (χ3v) is 2.43. The third kappa shape index (κ3) is 4.01. The molecule has 5 nitrogen and oxygen atoms in total. The van der Waals surface area contributed by atoms with Crippen molar-refractivity contribution in [3.05, 3.63) is 29.8 Å². The van der Waals surface area contributed by atoms with Crippen LogP contribution in [0.2, 0.25) is 0 Å².